The fourth-order valence-electron chi connectivity index (χ4n) is 2.82. The molecule has 0 atom stereocenters. The van der Waals surface area contributed by atoms with Crippen molar-refractivity contribution >= 4 is 34.4 Å². The van der Waals surface area contributed by atoms with Gasteiger partial charge in [-0.2, -0.15) is 5.26 Å². The van der Waals surface area contributed by atoms with Gasteiger partial charge >= 0.3 is 5.97 Å². The van der Waals surface area contributed by atoms with Crippen LogP contribution in [0.3, 0.4) is 0 Å². The number of benzene rings is 3. The molecule has 1 N–H and O–H groups in total. The Labute approximate surface area is 174 Å². The molecule has 6 nitrogen and oxygen atoms in total. The molecule has 3 aromatic carbocycles. The van der Waals surface area contributed by atoms with Crippen LogP contribution < -0.4 is 10.1 Å². The standard InChI is InChI=1S/C24H20N2O4/c1-29-22-10-7-19-14-18(2-6-20(19)15-22)5-11-24(28)30-16-23(27)26-21-8-3-17(4-9-21)12-13-25/h2-11,14-15H,12,16H2,1H3,(H,26,27)/b11-5+. The second-order valence-corrected chi connectivity index (χ2v) is 6.49. The summed E-state index contributed by atoms with van der Waals surface area (Å²) in [5.74, 6) is -0.264. The number of fused-ring (bicyclic) bond motifs is 1. The van der Waals surface area contributed by atoms with E-state index in [1.54, 1.807) is 37.5 Å². The third-order valence-corrected chi connectivity index (χ3v) is 4.35. The van der Waals surface area contributed by atoms with Crippen LogP contribution in [0.15, 0.2) is 66.7 Å². The number of methoxy groups -OCH3 is 1. The fourth-order valence-corrected chi connectivity index (χ4v) is 2.82. The highest BCUT2D eigenvalue weighted by Crippen LogP contribution is 2.22. The van der Waals surface area contributed by atoms with Gasteiger partial charge in [0.05, 0.1) is 19.6 Å². The molecule has 0 aliphatic heterocycles. The quantitative estimate of drug-likeness (QED) is 0.476. The van der Waals surface area contributed by atoms with Gasteiger partial charge in [-0.15, -0.1) is 0 Å². The zero-order valence-electron chi connectivity index (χ0n) is 16.4. The molecule has 3 rings (SSSR count). The number of amides is 1. The molecule has 6 heteroatoms. The van der Waals surface area contributed by atoms with Gasteiger partial charge in [-0.05, 0) is 58.3 Å². The van der Waals surface area contributed by atoms with Gasteiger partial charge in [0.1, 0.15) is 5.75 Å². The van der Waals surface area contributed by atoms with E-state index in [0.717, 1.165) is 27.6 Å². The lowest BCUT2D eigenvalue weighted by Crippen LogP contribution is -2.20. The number of esters is 1. The van der Waals surface area contributed by atoms with Gasteiger partial charge in [0.25, 0.3) is 5.91 Å². The maximum atomic E-state index is 11.9. The number of nitrogens with one attached hydrogen (secondary N) is 1. The van der Waals surface area contributed by atoms with Gasteiger partial charge in [-0.1, -0.05) is 30.3 Å². The van der Waals surface area contributed by atoms with Gasteiger partial charge in [-0.25, -0.2) is 4.79 Å². The molecular weight excluding hydrogens is 380 g/mol. The number of carbonyl (C=O) groups excluding carboxylic acids is 2. The van der Waals surface area contributed by atoms with Crippen molar-refractivity contribution in [2.45, 2.75) is 6.42 Å². The average molecular weight is 400 g/mol. The van der Waals surface area contributed by atoms with Crippen LogP contribution >= 0.6 is 0 Å². The van der Waals surface area contributed by atoms with Crippen LogP contribution in [0, 0.1) is 11.3 Å². The molecule has 3 aromatic rings. The lowest BCUT2D eigenvalue weighted by Gasteiger charge is -2.06. The first-order valence-electron chi connectivity index (χ1n) is 9.26. The number of hydrogen-bond donors (Lipinski definition) is 1. The van der Waals surface area contributed by atoms with Crippen LogP contribution in [0.4, 0.5) is 5.69 Å². The SMILES string of the molecule is COc1ccc2cc(/C=C/C(=O)OCC(=O)Nc3ccc(CC#N)cc3)ccc2c1. The summed E-state index contributed by atoms with van der Waals surface area (Å²) >= 11 is 0. The third-order valence-electron chi connectivity index (χ3n) is 4.35. The maximum Gasteiger partial charge on any atom is 0.331 e. The summed E-state index contributed by atoms with van der Waals surface area (Å²) in [4.78, 5) is 23.8. The van der Waals surface area contributed by atoms with E-state index in [4.69, 9.17) is 14.7 Å². The first-order valence-corrected chi connectivity index (χ1v) is 9.26. The van der Waals surface area contributed by atoms with E-state index in [-0.39, 0.29) is 6.61 Å². The van der Waals surface area contributed by atoms with E-state index >= 15 is 0 Å². The van der Waals surface area contributed by atoms with Crippen molar-refractivity contribution < 1.29 is 19.1 Å². The molecule has 0 fully saturated rings. The molecule has 0 aliphatic rings. The van der Waals surface area contributed by atoms with Crippen molar-refractivity contribution in [2.24, 2.45) is 0 Å². The summed E-state index contributed by atoms with van der Waals surface area (Å²) in [6.45, 7) is -0.388. The number of anilines is 1. The molecule has 0 unspecified atom stereocenters. The second-order valence-electron chi connectivity index (χ2n) is 6.49. The Morgan fingerprint density at radius 1 is 1.03 bits per heavy atom. The van der Waals surface area contributed by atoms with E-state index < -0.39 is 11.9 Å². The van der Waals surface area contributed by atoms with E-state index in [1.165, 1.54) is 6.08 Å². The van der Waals surface area contributed by atoms with Gasteiger partial charge in [0.2, 0.25) is 0 Å². The fraction of sp³-hybridized carbons (Fsp3) is 0.125. The van der Waals surface area contributed by atoms with Crippen LogP contribution in [0.2, 0.25) is 0 Å². The van der Waals surface area contributed by atoms with E-state index in [9.17, 15) is 9.59 Å². The van der Waals surface area contributed by atoms with Gasteiger partial charge < -0.3 is 14.8 Å². The highest BCUT2D eigenvalue weighted by Gasteiger charge is 2.06. The average Bonchev–Trinajstić information content (AvgIpc) is 2.77. The van der Waals surface area contributed by atoms with Gasteiger partial charge in [0.15, 0.2) is 6.61 Å². The number of carbonyl (C=O) groups is 2. The Bertz CT molecular complexity index is 1130. The molecule has 0 aliphatic carbocycles. The predicted molar refractivity (Wildman–Crippen MR) is 115 cm³/mol. The molecular formula is C24H20N2O4. The minimum atomic E-state index is -0.607. The summed E-state index contributed by atoms with van der Waals surface area (Å²) in [7, 11) is 1.62. The van der Waals surface area contributed by atoms with Crippen LogP contribution in [-0.4, -0.2) is 25.6 Å². The third kappa shape index (κ3) is 5.69. The molecule has 30 heavy (non-hydrogen) atoms. The van der Waals surface area contributed by atoms with Crippen molar-refractivity contribution in [1.82, 2.24) is 0 Å². The molecule has 0 spiro atoms. The number of ether oxygens (including phenoxy) is 2. The topological polar surface area (TPSA) is 88.4 Å². The summed E-state index contributed by atoms with van der Waals surface area (Å²) < 4.78 is 10.2. The van der Waals surface area contributed by atoms with Gasteiger partial charge in [-0.3, -0.25) is 4.79 Å². The smallest absolute Gasteiger partial charge is 0.331 e. The number of nitrogens with zero attached hydrogens (tertiary/aromatic N) is 1. The number of nitriles is 1. The van der Waals surface area contributed by atoms with Crippen LogP contribution in [0.5, 0.6) is 5.75 Å². The first-order chi connectivity index (χ1) is 14.6. The highest BCUT2D eigenvalue weighted by atomic mass is 16.5. The van der Waals surface area contributed by atoms with E-state index in [2.05, 4.69) is 11.4 Å². The molecule has 0 saturated heterocycles. The van der Waals surface area contributed by atoms with Crippen molar-refractivity contribution in [3.63, 3.8) is 0 Å². The molecule has 150 valence electrons. The molecule has 0 bridgehead atoms. The summed E-state index contributed by atoms with van der Waals surface area (Å²) in [5.41, 5.74) is 2.27. The van der Waals surface area contributed by atoms with Crippen molar-refractivity contribution in [3.8, 4) is 11.8 Å². The Morgan fingerprint density at radius 2 is 1.77 bits per heavy atom. The van der Waals surface area contributed by atoms with E-state index in [1.807, 2.05) is 36.4 Å². The lowest BCUT2D eigenvalue weighted by molar-refractivity contribution is -0.142. The Kier molecular flexibility index (Phi) is 6.80. The summed E-state index contributed by atoms with van der Waals surface area (Å²) in [6, 6.07) is 20.5. The lowest BCUT2D eigenvalue weighted by atomic mass is 10.1. The number of rotatable bonds is 7. The van der Waals surface area contributed by atoms with Gasteiger partial charge in [0, 0.05) is 11.8 Å². The Balaban J connectivity index is 1.51. The maximum absolute atomic E-state index is 11.9. The molecule has 0 aromatic heterocycles. The molecule has 1 amide bonds. The van der Waals surface area contributed by atoms with Crippen LogP contribution in [0.1, 0.15) is 11.1 Å². The molecule has 0 radical (unpaired) electrons. The molecule has 0 saturated carbocycles. The van der Waals surface area contributed by atoms with Crippen LogP contribution in [-0.2, 0) is 20.7 Å². The van der Waals surface area contributed by atoms with Crippen molar-refractivity contribution in [1.29, 1.82) is 5.26 Å². The zero-order chi connectivity index (χ0) is 21.3. The van der Waals surface area contributed by atoms with Crippen LogP contribution in [0.25, 0.3) is 16.8 Å². The van der Waals surface area contributed by atoms with E-state index in [0.29, 0.717) is 12.1 Å². The monoisotopic (exact) mass is 400 g/mol. The Morgan fingerprint density at radius 3 is 2.50 bits per heavy atom. The van der Waals surface area contributed by atoms with Crippen molar-refractivity contribution in [3.05, 3.63) is 77.9 Å². The largest absolute Gasteiger partial charge is 0.497 e. The Hall–Kier alpha value is -4.11. The zero-order valence-corrected chi connectivity index (χ0v) is 16.4. The minimum Gasteiger partial charge on any atom is -0.497 e. The van der Waals surface area contributed by atoms with Crippen molar-refractivity contribution in [2.75, 3.05) is 19.0 Å². The number of hydrogen-bond acceptors (Lipinski definition) is 5. The minimum absolute atomic E-state index is 0.309. The summed E-state index contributed by atoms with van der Waals surface area (Å²) in [5, 5.41) is 13.4. The highest BCUT2D eigenvalue weighted by molar-refractivity contribution is 5.95. The summed E-state index contributed by atoms with van der Waals surface area (Å²) in [6.07, 6.45) is 3.23. The second kappa shape index (κ2) is 9.89. The predicted octanol–water partition coefficient (Wildman–Crippen LogP) is 4.11. The first kappa shape index (κ1) is 20.6. The normalized spacial score (nSPS) is 10.5. The molecule has 0 heterocycles.